The lowest BCUT2D eigenvalue weighted by Gasteiger charge is -2.20. The summed E-state index contributed by atoms with van der Waals surface area (Å²) in [4.78, 5) is 19.7. The number of rotatable bonds is 5. The highest BCUT2D eigenvalue weighted by atomic mass is 16.2. The number of carbonyl (C=O) groups is 1. The second-order valence-electron chi connectivity index (χ2n) is 7.66. The third-order valence-corrected chi connectivity index (χ3v) is 5.55. The van der Waals surface area contributed by atoms with Crippen molar-refractivity contribution < 1.29 is 4.79 Å². The number of benzene rings is 2. The molecule has 3 aromatic rings. The zero-order valence-corrected chi connectivity index (χ0v) is 16.4. The van der Waals surface area contributed by atoms with E-state index in [1.807, 2.05) is 11.0 Å². The van der Waals surface area contributed by atoms with Gasteiger partial charge in [-0.15, -0.1) is 0 Å². The van der Waals surface area contributed by atoms with E-state index in [0.717, 1.165) is 42.0 Å². The van der Waals surface area contributed by atoms with Crippen LogP contribution in [-0.4, -0.2) is 22.0 Å². The molecule has 1 aliphatic rings. The topological polar surface area (TPSA) is 38.1 Å². The highest BCUT2D eigenvalue weighted by Gasteiger charge is 2.35. The van der Waals surface area contributed by atoms with Crippen LogP contribution in [0.4, 0.5) is 5.69 Å². The van der Waals surface area contributed by atoms with Gasteiger partial charge in [-0.1, -0.05) is 43.2 Å². The molecule has 1 atom stereocenters. The van der Waals surface area contributed by atoms with Crippen LogP contribution in [0.1, 0.15) is 49.1 Å². The van der Waals surface area contributed by atoms with E-state index in [2.05, 4.69) is 61.7 Å². The van der Waals surface area contributed by atoms with Crippen molar-refractivity contribution in [3.63, 3.8) is 0 Å². The van der Waals surface area contributed by atoms with Gasteiger partial charge in [0.15, 0.2) is 0 Å². The second kappa shape index (κ2) is 7.18. The highest BCUT2D eigenvalue weighted by molar-refractivity contribution is 5.97. The minimum absolute atomic E-state index is 0.141. The van der Waals surface area contributed by atoms with Gasteiger partial charge >= 0.3 is 0 Å². The highest BCUT2D eigenvalue weighted by Crippen LogP contribution is 2.34. The van der Waals surface area contributed by atoms with Crippen molar-refractivity contribution in [3.05, 3.63) is 59.4 Å². The van der Waals surface area contributed by atoms with Gasteiger partial charge in [-0.2, -0.15) is 0 Å². The number of unbranched alkanes of at least 4 members (excludes halogenated alkanes) is 1. The fourth-order valence-corrected chi connectivity index (χ4v) is 4.18. The average molecular weight is 361 g/mol. The summed E-state index contributed by atoms with van der Waals surface area (Å²) in [5.41, 5.74) is 5.62. The van der Waals surface area contributed by atoms with Gasteiger partial charge in [-0.05, 0) is 44.0 Å². The van der Waals surface area contributed by atoms with Crippen molar-refractivity contribution >= 4 is 22.6 Å². The van der Waals surface area contributed by atoms with Gasteiger partial charge in [0.2, 0.25) is 5.91 Å². The number of hydrogen-bond donors (Lipinski definition) is 0. The van der Waals surface area contributed by atoms with E-state index < -0.39 is 0 Å². The van der Waals surface area contributed by atoms with Gasteiger partial charge in [0.05, 0.1) is 11.0 Å². The van der Waals surface area contributed by atoms with E-state index in [-0.39, 0.29) is 11.8 Å². The van der Waals surface area contributed by atoms with Crippen molar-refractivity contribution in [3.8, 4) is 0 Å². The van der Waals surface area contributed by atoms with E-state index in [9.17, 15) is 4.79 Å². The number of para-hydroxylation sites is 2. The molecule has 0 bridgehead atoms. The van der Waals surface area contributed by atoms with Gasteiger partial charge in [0.25, 0.3) is 0 Å². The molecule has 4 heteroatoms. The van der Waals surface area contributed by atoms with Crippen LogP contribution in [0.5, 0.6) is 0 Å². The summed E-state index contributed by atoms with van der Waals surface area (Å²) in [5.74, 6) is 1.40. The van der Waals surface area contributed by atoms with Crippen LogP contribution in [0, 0.1) is 13.8 Å². The molecule has 1 amide bonds. The number of aryl methyl sites for hydroxylation is 3. The summed E-state index contributed by atoms with van der Waals surface area (Å²) < 4.78 is 2.34. The molecule has 27 heavy (non-hydrogen) atoms. The maximum absolute atomic E-state index is 12.8. The predicted octanol–water partition coefficient (Wildman–Crippen LogP) is 4.97. The van der Waals surface area contributed by atoms with Crippen molar-refractivity contribution in [2.75, 3.05) is 11.4 Å². The van der Waals surface area contributed by atoms with Crippen LogP contribution in [0.2, 0.25) is 0 Å². The molecule has 0 radical (unpaired) electrons. The van der Waals surface area contributed by atoms with Crippen molar-refractivity contribution in [1.29, 1.82) is 0 Å². The standard InChI is InChI=1S/C23H27N3O/c1-4-5-12-25-21-9-7-6-8-19(21)24-23(25)18-14-22(27)26(15-18)20-11-10-16(2)13-17(20)3/h6-11,13,18H,4-5,12,14-15H2,1-3H3/t18-/m1/s1. The first-order chi connectivity index (χ1) is 13.1. The molecule has 140 valence electrons. The Morgan fingerprint density at radius 1 is 1.15 bits per heavy atom. The second-order valence-corrected chi connectivity index (χ2v) is 7.66. The van der Waals surface area contributed by atoms with E-state index >= 15 is 0 Å². The Morgan fingerprint density at radius 2 is 1.96 bits per heavy atom. The van der Waals surface area contributed by atoms with Crippen molar-refractivity contribution in [1.82, 2.24) is 9.55 Å². The molecule has 0 N–H and O–H groups in total. The quantitative estimate of drug-likeness (QED) is 0.643. The first-order valence-electron chi connectivity index (χ1n) is 9.91. The van der Waals surface area contributed by atoms with Crippen LogP contribution < -0.4 is 4.90 Å². The summed E-state index contributed by atoms with van der Waals surface area (Å²) in [7, 11) is 0. The molecular weight excluding hydrogens is 334 g/mol. The molecule has 2 aromatic carbocycles. The number of nitrogens with zero attached hydrogens (tertiary/aromatic N) is 3. The molecule has 4 nitrogen and oxygen atoms in total. The summed E-state index contributed by atoms with van der Waals surface area (Å²) in [5, 5.41) is 0. The predicted molar refractivity (Wildman–Crippen MR) is 110 cm³/mol. The summed E-state index contributed by atoms with van der Waals surface area (Å²) in [6.45, 7) is 8.04. The lowest BCUT2D eigenvalue weighted by molar-refractivity contribution is -0.117. The molecule has 0 unspecified atom stereocenters. The minimum atomic E-state index is 0.141. The summed E-state index contributed by atoms with van der Waals surface area (Å²) in [6, 6.07) is 14.6. The Morgan fingerprint density at radius 3 is 2.74 bits per heavy atom. The number of imidazole rings is 1. The number of aromatic nitrogens is 2. The maximum atomic E-state index is 12.8. The van der Waals surface area contributed by atoms with Crippen molar-refractivity contribution in [2.24, 2.45) is 0 Å². The number of carbonyl (C=O) groups excluding carboxylic acids is 1. The van der Waals surface area contributed by atoms with Crippen LogP contribution in [0.25, 0.3) is 11.0 Å². The van der Waals surface area contributed by atoms with E-state index in [1.165, 1.54) is 11.1 Å². The molecule has 1 aromatic heterocycles. The first kappa shape index (κ1) is 17.8. The Hall–Kier alpha value is -2.62. The zero-order chi connectivity index (χ0) is 19.0. The Balaban J connectivity index is 1.69. The largest absolute Gasteiger partial charge is 0.328 e. The molecule has 0 spiro atoms. The van der Waals surface area contributed by atoms with Gasteiger partial charge in [0.1, 0.15) is 5.82 Å². The van der Waals surface area contributed by atoms with E-state index in [0.29, 0.717) is 13.0 Å². The van der Waals surface area contributed by atoms with E-state index in [4.69, 9.17) is 4.98 Å². The number of hydrogen-bond acceptors (Lipinski definition) is 2. The number of anilines is 1. The average Bonchev–Trinajstić information content (AvgIpc) is 3.20. The molecule has 4 rings (SSSR count). The lowest BCUT2D eigenvalue weighted by Crippen LogP contribution is -2.25. The normalized spacial score (nSPS) is 17.2. The summed E-state index contributed by atoms with van der Waals surface area (Å²) in [6.07, 6.45) is 2.79. The molecule has 1 aliphatic heterocycles. The minimum Gasteiger partial charge on any atom is -0.328 e. The Kier molecular flexibility index (Phi) is 4.73. The fraction of sp³-hybridized carbons (Fsp3) is 0.391. The van der Waals surface area contributed by atoms with Gasteiger partial charge in [-0.25, -0.2) is 4.98 Å². The molecule has 1 fully saturated rings. The maximum Gasteiger partial charge on any atom is 0.227 e. The molecule has 0 aliphatic carbocycles. The molecule has 2 heterocycles. The number of amides is 1. The fourth-order valence-electron chi connectivity index (χ4n) is 4.18. The molecule has 0 saturated carbocycles. The molecular formula is C23H27N3O. The smallest absolute Gasteiger partial charge is 0.227 e. The third-order valence-electron chi connectivity index (χ3n) is 5.55. The lowest BCUT2D eigenvalue weighted by atomic mass is 10.1. The number of fused-ring (bicyclic) bond motifs is 1. The van der Waals surface area contributed by atoms with Gasteiger partial charge in [-0.3, -0.25) is 4.79 Å². The van der Waals surface area contributed by atoms with Gasteiger partial charge in [0, 0.05) is 31.1 Å². The van der Waals surface area contributed by atoms with Crippen molar-refractivity contribution in [2.45, 2.75) is 52.5 Å². The zero-order valence-electron chi connectivity index (χ0n) is 16.4. The SMILES string of the molecule is CCCCn1c([C@@H]2CC(=O)N(c3ccc(C)cc3C)C2)nc2ccccc21. The summed E-state index contributed by atoms with van der Waals surface area (Å²) >= 11 is 0. The van der Waals surface area contributed by atoms with Crippen LogP contribution >= 0.6 is 0 Å². The molecule has 1 saturated heterocycles. The third kappa shape index (κ3) is 3.25. The Labute approximate surface area is 160 Å². The van der Waals surface area contributed by atoms with E-state index in [1.54, 1.807) is 0 Å². The van der Waals surface area contributed by atoms with Crippen LogP contribution in [0.3, 0.4) is 0 Å². The first-order valence-corrected chi connectivity index (χ1v) is 9.91. The monoisotopic (exact) mass is 361 g/mol. The Bertz CT molecular complexity index is 988. The van der Waals surface area contributed by atoms with Crippen LogP contribution in [0.15, 0.2) is 42.5 Å². The van der Waals surface area contributed by atoms with Gasteiger partial charge < -0.3 is 9.47 Å². The van der Waals surface area contributed by atoms with Crippen LogP contribution in [-0.2, 0) is 11.3 Å².